The van der Waals surface area contributed by atoms with E-state index in [4.69, 9.17) is 5.73 Å². The molecule has 0 aliphatic carbocycles. The minimum absolute atomic E-state index is 0.158. The lowest BCUT2D eigenvalue weighted by Crippen LogP contribution is -2.58. The highest BCUT2D eigenvalue weighted by molar-refractivity contribution is 7.88. The molecule has 10 heteroatoms. The van der Waals surface area contributed by atoms with Crippen molar-refractivity contribution >= 4 is 21.6 Å². The minimum Gasteiger partial charge on any atom is -0.324 e. The van der Waals surface area contributed by atoms with Crippen LogP contribution in [-0.2, 0) is 21.2 Å². The third-order valence-electron chi connectivity index (χ3n) is 7.10. The van der Waals surface area contributed by atoms with E-state index in [-0.39, 0.29) is 12.1 Å². The number of amides is 1. The largest absolute Gasteiger partial charge is 0.324 e. The number of nitrogens with two attached hydrogens (primary N) is 1. The van der Waals surface area contributed by atoms with Crippen LogP contribution in [0.15, 0.2) is 72.8 Å². The maximum atomic E-state index is 14.1. The minimum atomic E-state index is -3.38. The first-order valence-electron chi connectivity index (χ1n) is 12.9. The van der Waals surface area contributed by atoms with Crippen molar-refractivity contribution in [2.24, 2.45) is 5.73 Å². The highest BCUT2D eigenvalue weighted by Crippen LogP contribution is 2.30. The van der Waals surface area contributed by atoms with Crippen molar-refractivity contribution in [1.82, 2.24) is 9.62 Å². The predicted octanol–water partition coefficient (Wildman–Crippen LogP) is 3.62. The van der Waals surface area contributed by atoms with Crippen molar-refractivity contribution in [3.05, 3.63) is 101 Å². The Labute approximate surface area is 228 Å². The lowest BCUT2D eigenvalue weighted by molar-refractivity contribution is -0.117. The molecule has 208 valence electrons. The molecule has 0 bridgehead atoms. The van der Waals surface area contributed by atoms with Crippen LogP contribution in [0.5, 0.6) is 0 Å². The van der Waals surface area contributed by atoms with Crippen molar-refractivity contribution < 1.29 is 22.0 Å². The Bertz CT molecular complexity index is 1370. The first kappa shape index (κ1) is 28.8. The first-order valence-corrected chi connectivity index (χ1v) is 14.7. The number of hydrogen-bond donors (Lipinski definition) is 3. The summed E-state index contributed by atoms with van der Waals surface area (Å²) in [5.41, 5.74) is 8.75. The molecule has 0 spiro atoms. The number of anilines is 1. The number of para-hydroxylation sites is 1. The summed E-state index contributed by atoms with van der Waals surface area (Å²) in [6.07, 6.45) is 2.30. The van der Waals surface area contributed by atoms with E-state index in [1.807, 2.05) is 19.1 Å². The monoisotopic (exact) mass is 556 g/mol. The lowest BCUT2D eigenvalue weighted by Gasteiger charge is -2.39. The molecule has 0 radical (unpaired) electrons. The second-order valence-corrected chi connectivity index (χ2v) is 11.9. The average molecular weight is 557 g/mol. The quantitative estimate of drug-likeness (QED) is 0.374. The number of aryl methyl sites for hydroxylation is 1. The van der Waals surface area contributed by atoms with Crippen LogP contribution < -0.4 is 16.4 Å². The molecular weight excluding hydrogens is 522 g/mol. The lowest BCUT2D eigenvalue weighted by atomic mass is 9.84. The number of carbonyl (C=O) groups is 1. The summed E-state index contributed by atoms with van der Waals surface area (Å²) in [5, 5.41) is 6.19. The summed E-state index contributed by atoms with van der Waals surface area (Å²) in [5.74, 6) is -2.27. The van der Waals surface area contributed by atoms with Gasteiger partial charge in [0.2, 0.25) is 15.9 Å². The van der Waals surface area contributed by atoms with Crippen LogP contribution in [0.4, 0.5) is 14.5 Å². The molecule has 3 aromatic rings. The van der Waals surface area contributed by atoms with Crippen LogP contribution in [0.2, 0.25) is 0 Å². The van der Waals surface area contributed by atoms with Gasteiger partial charge in [0.15, 0.2) is 0 Å². The number of halogens is 2. The van der Waals surface area contributed by atoms with E-state index in [0.717, 1.165) is 5.56 Å². The molecule has 7 nitrogen and oxygen atoms in total. The molecule has 3 aromatic carbocycles. The molecule has 1 aliphatic rings. The Morgan fingerprint density at radius 2 is 1.64 bits per heavy atom. The number of carbonyl (C=O) groups excluding carboxylic acids is 1. The Morgan fingerprint density at radius 3 is 2.23 bits per heavy atom. The van der Waals surface area contributed by atoms with Crippen LogP contribution in [0.25, 0.3) is 0 Å². The summed E-state index contributed by atoms with van der Waals surface area (Å²) < 4.78 is 54.6. The van der Waals surface area contributed by atoms with Crippen molar-refractivity contribution in [3.63, 3.8) is 0 Å². The third-order valence-corrected chi connectivity index (χ3v) is 8.52. The molecule has 0 aromatic heterocycles. The molecule has 1 saturated heterocycles. The molecule has 0 unspecified atom stereocenters. The number of hydrogen-bond acceptors (Lipinski definition) is 5. The summed E-state index contributed by atoms with van der Waals surface area (Å²) in [4.78, 5) is 13.4. The molecule has 0 saturated carbocycles. The zero-order valence-electron chi connectivity index (χ0n) is 22.0. The molecule has 1 heterocycles. The number of rotatable bonds is 9. The van der Waals surface area contributed by atoms with Crippen molar-refractivity contribution in [2.45, 2.75) is 43.8 Å². The standard InChI is InChI=1S/C29H34F2N4O3S/c1-19-17-33-18-25(35(19)39(2,37)38)14-13-20-7-3-4-12-26(20)34-29(36)28(32)27(21-8-5-10-23(30)15-21)22-9-6-11-24(31)16-22/h3-12,15-16,19,25,27-28,33H,13-14,17-18,32H2,1-2H3,(H,34,36)/t19-,25-,28-/m0/s1. The Morgan fingerprint density at radius 1 is 1.03 bits per heavy atom. The zero-order chi connectivity index (χ0) is 28.2. The van der Waals surface area contributed by atoms with Gasteiger partial charge in [0.05, 0.1) is 12.3 Å². The zero-order valence-corrected chi connectivity index (χ0v) is 22.8. The van der Waals surface area contributed by atoms with Gasteiger partial charge in [-0.3, -0.25) is 4.79 Å². The van der Waals surface area contributed by atoms with Gasteiger partial charge in [-0.1, -0.05) is 42.5 Å². The van der Waals surface area contributed by atoms with Crippen LogP contribution in [0.3, 0.4) is 0 Å². The van der Waals surface area contributed by atoms with Crippen LogP contribution in [-0.4, -0.2) is 56.1 Å². The third kappa shape index (κ3) is 7.07. The molecule has 1 fully saturated rings. The highest BCUT2D eigenvalue weighted by atomic mass is 32.2. The molecule has 1 aliphatic heterocycles. The fraction of sp³-hybridized carbons (Fsp3) is 0.345. The van der Waals surface area contributed by atoms with Crippen LogP contribution in [0, 0.1) is 11.6 Å². The first-order chi connectivity index (χ1) is 18.5. The van der Waals surface area contributed by atoms with Crippen LogP contribution >= 0.6 is 0 Å². The fourth-order valence-corrected chi connectivity index (χ4v) is 6.83. The van der Waals surface area contributed by atoms with E-state index in [2.05, 4.69) is 10.6 Å². The smallest absolute Gasteiger partial charge is 0.242 e. The fourth-order valence-electron chi connectivity index (χ4n) is 5.38. The predicted molar refractivity (Wildman–Crippen MR) is 149 cm³/mol. The van der Waals surface area contributed by atoms with Gasteiger partial charge in [-0.2, -0.15) is 4.31 Å². The van der Waals surface area contributed by atoms with Gasteiger partial charge in [-0.25, -0.2) is 17.2 Å². The summed E-state index contributed by atoms with van der Waals surface area (Å²) >= 11 is 0. The average Bonchev–Trinajstić information content (AvgIpc) is 2.87. The molecule has 1 amide bonds. The Balaban J connectivity index is 1.55. The van der Waals surface area contributed by atoms with Gasteiger partial charge in [-0.15, -0.1) is 0 Å². The number of nitrogens with zero attached hydrogens (tertiary/aromatic N) is 1. The van der Waals surface area contributed by atoms with E-state index < -0.39 is 39.5 Å². The molecule has 3 atom stereocenters. The van der Waals surface area contributed by atoms with E-state index in [1.165, 1.54) is 42.7 Å². The summed E-state index contributed by atoms with van der Waals surface area (Å²) in [6.45, 7) is 3.01. The number of benzene rings is 3. The van der Waals surface area contributed by atoms with Gasteiger partial charge < -0.3 is 16.4 Å². The van der Waals surface area contributed by atoms with Gasteiger partial charge in [0.1, 0.15) is 11.6 Å². The Hall–Kier alpha value is -3.18. The van der Waals surface area contributed by atoms with Gasteiger partial charge >= 0.3 is 0 Å². The summed E-state index contributed by atoms with van der Waals surface area (Å²) in [6, 6.07) is 17.3. The number of nitrogens with one attached hydrogen (secondary N) is 2. The maximum Gasteiger partial charge on any atom is 0.242 e. The van der Waals surface area contributed by atoms with Crippen LogP contribution in [0.1, 0.15) is 36.0 Å². The van der Waals surface area contributed by atoms with Crippen molar-refractivity contribution in [1.29, 1.82) is 0 Å². The van der Waals surface area contributed by atoms with Gasteiger partial charge in [-0.05, 0) is 66.8 Å². The summed E-state index contributed by atoms with van der Waals surface area (Å²) in [7, 11) is -3.38. The Kier molecular flexibility index (Phi) is 9.12. The number of sulfonamides is 1. The van der Waals surface area contributed by atoms with E-state index in [0.29, 0.717) is 42.7 Å². The number of piperazine rings is 1. The van der Waals surface area contributed by atoms with E-state index in [9.17, 15) is 22.0 Å². The van der Waals surface area contributed by atoms with Crippen molar-refractivity contribution in [3.8, 4) is 0 Å². The SMILES string of the molecule is C[C@H]1CNC[C@H](CCc2ccccc2NC(=O)[C@@H](N)C(c2cccc(F)c2)c2cccc(F)c2)N1S(C)(=O)=O. The van der Waals surface area contributed by atoms with Gasteiger partial charge in [0, 0.05) is 36.8 Å². The normalized spacial score (nSPS) is 19.1. The second-order valence-electron chi connectivity index (χ2n) is 10.1. The van der Waals surface area contributed by atoms with E-state index >= 15 is 0 Å². The molecule has 39 heavy (non-hydrogen) atoms. The maximum absolute atomic E-state index is 14.1. The van der Waals surface area contributed by atoms with E-state index in [1.54, 1.807) is 28.6 Å². The molecule has 4 N–H and O–H groups in total. The van der Waals surface area contributed by atoms with Crippen molar-refractivity contribution in [2.75, 3.05) is 24.7 Å². The highest BCUT2D eigenvalue weighted by Gasteiger charge is 2.34. The molecular formula is C29H34F2N4O3S. The topological polar surface area (TPSA) is 105 Å². The second kappa shape index (κ2) is 12.3. The van der Waals surface area contributed by atoms with Gasteiger partial charge in [0.25, 0.3) is 0 Å². The molecule has 4 rings (SSSR count).